The van der Waals surface area contributed by atoms with E-state index in [9.17, 15) is 0 Å². The molecule has 23 rings (SSSR count). The van der Waals surface area contributed by atoms with Crippen LogP contribution < -0.4 is 3.79 Å². The van der Waals surface area contributed by atoms with Crippen molar-refractivity contribution in [2.24, 2.45) is 0 Å². The van der Waals surface area contributed by atoms with Crippen LogP contribution in [0.5, 0.6) is 5.75 Å². The maximum absolute atomic E-state index is 5.19. The lowest BCUT2D eigenvalue weighted by molar-refractivity contribution is 0.622. The number of benzene rings is 19. The lowest BCUT2D eigenvalue weighted by Crippen LogP contribution is -1.96. The molecule has 0 spiro atoms. The van der Waals surface area contributed by atoms with Gasteiger partial charge in [0, 0.05) is 64.7 Å². The van der Waals surface area contributed by atoms with E-state index in [1.165, 1.54) is 207 Å². The van der Waals surface area contributed by atoms with Crippen molar-refractivity contribution in [2.75, 3.05) is 0 Å². The Balaban J connectivity index is 0.000000128. The zero-order valence-electron chi connectivity index (χ0n) is 63.9. The summed E-state index contributed by atoms with van der Waals surface area (Å²) in [5.41, 5.74) is 27.7. The van der Waals surface area contributed by atoms with Gasteiger partial charge in [0.2, 0.25) is 0 Å². The highest BCUT2D eigenvalue weighted by molar-refractivity contribution is 7.26. The van der Waals surface area contributed by atoms with Gasteiger partial charge in [0.15, 0.2) is 0 Å². The van der Waals surface area contributed by atoms with Crippen LogP contribution in [0.4, 0.5) is 0 Å². The molecule has 19 aromatic carbocycles. The molecule has 547 valence electrons. The molecule has 0 N–H and O–H groups in total. The van der Waals surface area contributed by atoms with Gasteiger partial charge in [-0.2, -0.15) is 0 Å². The molecule has 0 fully saturated rings. The summed E-state index contributed by atoms with van der Waals surface area (Å²) in [6, 6.07) is 156. The van der Waals surface area contributed by atoms with E-state index in [0.29, 0.717) is 0 Å². The molecule has 4 nitrogen and oxygen atoms in total. The van der Waals surface area contributed by atoms with Crippen molar-refractivity contribution < 1.29 is 3.79 Å². The quantitative estimate of drug-likeness (QED) is 0.0955. The lowest BCUT2D eigenvalue weighted by Gasteiger charge is -2.21. The van der Waals surface area contributed by atoms with Crippen molar-refractivity contribution in [3.63, 3.8) is 0 Å². The minimum absolute atomic E-state index is 0.839. The molecule has 0 amide bonds. The Hall–Kier alpha value is -14.5. The molecular formula is C111H73AlN3OS. The molecule has 1 radical (unpaired) electrons. The van der Waals surface area contributed by atoms with Crippen molar-refractivity contribution >= 4 is 135 Å². The molecule has 4 aromatic heterocycles. The topological polar surface area (TPSA) is 32.0 Å². The highest BCUT2D eigenvalue weighted by atomic mass is 32.1. The van der Waals surface area contributed by atoms with Gasteiger partial charge in [0.05, 0.1) is 22.1 Å². The summed E-state index contributed by atoms with van der Waals surface area (Å²) in [6.45, 7) is 0. The molecule has 117 heavy (non-hydrogen) atoms. The van der Waals surface area contributed by atoms with Gasteiger partial charge in [-0.25, -0.2) is 0 Å². The van der Waals surface area contributed by atoms with Gasteiger partial charge in [-0.15, -0.1) is 11.3 Å². The third-order valence-corrected chi connectivity index (χ3v) is 24.6. The number of hydrogen-bond acceptors (Lipinski definition) is 3. The lowest BCUT2D eigenvalue weighted by atomic mass is 9.82. The number of pyridine rings is 1. The average molecular weight is 1520 g/mol. The molecule has 0 saturated carbocycles. The second-order valence-electron chi connectivity index (χ2n) is 29.8. The smallest absolute Gasteiger partial charge is 0.494 e. The number of para-hydroxylation sites is 4. The van der Waals surface area contributed by atoms with Gasteiger partial charge in [-0.1, -0.05) is 322 Å². The van der Waals surface area contributed by atoms with Gasteiger partial charge in [0.1, 0.15) is 11.3 Å². The first-order valence-corrected chi connectivity index (χ1v) is 41.2. The minimum atomic E-state index is 0.839. The second kappa shape index (κ2) is 30.5. The zero-order valence-corrected chi connectivity index (χ0v) is 66.2. The number of hydrogen-bond donors (Lipinski definition) is 0. The van der Waals surface area contributed by atoms with Gasteiger partial charge < -0.3 is 12.9 Å². The highest BCUT2D eigenvalue weighted by Gasteiger charge is 2.23. The average Bonchev–Trinajstić information content (AvgIpc) is 1.44. The fraction of sp³-hybridized carbons (Fsp3) is 0. The fourth-order valence-electron chi connectivity index (χ4n) is 17.7. The van der Waals surface area contributed by atoms with E-state index in [-0.39, 0.29) is 0 Å². The van der Waals surface area contributed by atoms with Gasteiger partial charge in [0.25, 0.3) is 0 Å². The number of aromatic nitrogens is 3. The Morgan fingerprint density at radius 3 is 1.03 bits per heavy atom. The standard InChI is InChI=1S/C54H36.C48H30N2S.C9H7NO.Al.H/c1-7-19-37(20-8-1)43-31-49-50(32-44(43)38-21-9-2-10-22-38)52-34-46(40-25-13-4-14-26-40)48(42-29-17-6-18-30-42)36-54(52)53-35-47(41-27-15-5-16-28-41)45(33-51(49)53)39-23-11-3-12-24-39;1-5-22-43-37(16-1)38-17-2-6-23-44(38)50(43)35-26-27-46-42(30-35)39-18-3-7-24-45(39)49(46)34-15-10-13-32(29-34)31-12-9-14-33(28-31)36-20-11-21-41-40-19-4-8-25-47(40)51-48(36)41;11-8-5-1-3-7-4-2-6-10-9(7)8;;/h1-36H;1-30H;1-6,11H;;/q;;;+1;/p-1. The van der Waals surface area contributed by atoms with E-state index in [1.54, 1.807) is 6.20 Å². The third kappa shape index (κ3) is 12.9. The molecule has 0 saturated heterocycles. The number of fused-ring (bicyclic) bond motifs is 16. The van der Waals surface area contributed by atoms with Crippen molar-refractivity contribution in [3.05, 3.63) is 437 Å². The number of thiophene rings is 1. The summed E-state index contributed by atoms with van der Waals surface area (Å²) in [5, 5.41) is 16.3. The van der Waals surface area contributed by atoms with Crippen LogP contribution in [0.1, 0.15) is 0 Å². The number of nitrogens with zero attached hydrogens (tertiary/aromatic N) is 3. The van der Waals surface area contributed by atoms with Crippen molar-refractivity contribution in [1.29, 1.82) is 0 Å². The summed E-state index contributed by atoms with van der Waals surface area (Å²) in [7, 11) is 0. The maximum atomic E-state index is 5.19. The SMILES string of the molecule is [AlH][O]c1cccc2cccnc12.c1cc(-c2cccc(-n3c4ccccc4c4cc(-n5c6ccccc6c6ccccc65)ccc43)c2)cc(-c2cccc3c2sc2ccccc23)c1.c1ccc(-c2cc3c4cc(-c5ccccc5)c(-c5ccccc5)cc4c4cc(-c5ccccc5)c(-c5ccccc5)cc4c3cc2-c2ccccc2)cc1. The summed E-state index contributed by atoms with van der Waals surface area (Å²) < 4.78 is 12.7. The first kappa shape index (κ1) is 70.4. The van der Waals surface area contributed by atoms with Crippen LogP contribution in [0, 0.1) is 0 Å². The Kier molecular flexibility index (Phi) is 18.3. The summed E-state index contributed by atoms with van der Waals surface area (Å²) in [6.07, 6.45) is 1.77. The van der Waals surface area contributed by atoms with Crippen LogP contribution in [-0.4, -0.2) is 30.7 Å². The van der Waals surface area contributed by atoms with Crippen molar-refractivity contribution in [3.8, 4) is 106 Å². The largest absolute Gasteiger partial charge is 0.649 e. The Labute approximate surface area is 690 Å². The molecule has 0 bridgehead atoms. The molecule has 0 aliphatic heterocycles. The first-order chi connectivity index (χ1) is 58.0. The molecular weight excluding hydrogens is 1450 g/mol. The van der Waals surface area contributed by atoms with E-state index < -0.39 is 0 Å². The molecule has 0 aliphatic carbocycles. The van der Waals surface area contributed by atoms with E-state index in [0.717, 1.165) is 22.3 Å². The van der Waals surface area contributed by atoms with Crippen molar-refractivity contribution in [1.82, 2.24) is 14.1 Å². The normalized spacial score (nSPS) is 11.5. The van der Waals surface area contributed by atoms with Gasteiger partial charge in [-0.3, -0.25) is 4.98 Å². The molecule has 0 aliphatic rings. The summed E-state index contributed by atoms with van der Waals surface area (Å²) >= 11 is 3.35. The van der Waals surface area contributed by atoms with Gasteiger partial charge >= 0.3 is 16.6 Å². The fourth-order valence-corrected chi connectivity index (χ4v) is 19.2. The molecule has 0 unspecified atom stereocenters. The van der Waals surface area contributed by atoms with Crippen LogP contribution in [0.15, 0.2) is 437 Å². The van der Waals surface area contributed by atoms with Crippen LogP contribution in [0.3, 0.4) is 0 Å². The zero-order chi connectivity index (χ0) is 77.7. The summed E-state index contributed by atoms with van der Waals surface area (Å²) in [4.78, 5) is 4.23. The highest BCUT2D eigenvalue weighted by Crippen LogP contribution is 2.50. The molecule has 4 heterocycles. The predicted molar refractivity (Wildman–Crippen MR) is 500 cm³/mol. The van der Waals surface area contributed by atoms with Crippen LogP contribution >= 0.6 is 11.3 Å². The molecule has 6 heteroatoms. The number of rotatable bonds is 11. The van der Waals surface area contributed by atoms with Crippen LogP contribution in [0.2, 0.25) is 0 Å². The van der Waals surface area contributed by atoms with E-state index >= 15 is 0 Å². The monoisotopic (exact) mass is 1520 g/mol. The maximum Gasteiger partial charge on any atom is 0.494 e. The second-order valence-corrected chi connectivity index (χ2v) is 31.2. The molecule has 0 atom stereocenters. The van der Waals surface area contributed by atoms with Crippen molar-refractivity contribution in [2.45, 2.75) is 0 Å². The third-order valence-electron chi connectivity index (χ3n) is 23.1. The van der Waals surface area contributed by atoms with Crippen LogP contribution in [-0.2, 0) is 0 Å². The minimum Gasteiger partial charge on any atom is -0.649 e. The molecule has 23 aromatic rings. The predicted octanol–water partition coefficient (Wildman–Crippen LogP) is 30.2. The van der Waals surface area contributed by atoms with Crippen LogP contribution in [0.25, 0.3) is 207 Å². The summed E-state index contributed by atoms with van der Waals surface area (Å²) in [5.74, 6) is 0.839. The van der Waals surface area contributed by atoms with Gasteiger partial charge in [-0.05, 0) is 231 Å². The van der Waals surface area contributed by atoms with E-state index in [2.05, 4.69) is 414 Å². The Morgan fingerprint density at radius 1 is 0.222 bits per heavy atom. The first-order valence-electron chi connectivity index (χ1n) is 39.8. The Bertz CT molecular complexity index is 7090. The van der Waals surface area contributed by atoms with E-state index in [1.807, 2.05) is 41.7 Å². The van der Waals surface area contributed by atoms with E-state index in [4.69, 9.17) is 3.79 Å². The Morgan fingerprint density at radius 2 is 0.564 bits per heavy atom.